The van der Waals surface area contributed by atoms with Crippen molar-refractivity contribution in [1.82, 2.24) is 9.78 Å². The predicted molar refractivity (Wildman–Crippen MR) is 113 cm³/mol. The Hall–Kier alpha value is -1.97. The Balaban J connectivity index is 1.49. The van der Waals surface area contributed by atoms with Gasteiger partial charge in [0.2, 0.25) is 0 Å². The maximum absolute atomic E-state index is 13.5. The molecule has 0 amide bonds. The zero-order valence-electron chi connectivity index (χ0n) is 18.1. The van der Waals surface area contributed by atoms with Gasteiger partial charge in [-0.1, -0.05) is 19.4 Å². The molecule has 0 radical (unpaired) electrons. The lowest BCUT2D eigenvalue weighted by Gasteiger charge is -2.56. The van der Waals surface area contributed by atoms with Gasteiger partial charge in [-0.15, -0.1) is 0 Å². The number of carbonyl (C=O) groups excluding carboxylic acids is 2. The molecule has 4 heteroatoms. The number of aromatic nitrogens is 2. The molecule has 0 N–H and O–H groups in total. The molecule has 4 aliphatic rings. The molecular weight excluding hydrogens is 360 g/mol. The van der Waals surface area contributed by atoms with Crippen molar-refractivity contribution in [1.29, 1.82) is 0 Å². The summed E-state index contributed by atoms with van der Waals surface area (Å²) in [6, 6.07) is 0. The lowest BCUT2D eigenvalue weighted by molar-refractivity contribution is -0.130. The fourth-order valence-corrected chi connectivity index (χ4v) is 7.31. The standard InChI is InChI=1S/C25H32N2O2/c1-15-17(14-27(4)26-15)11-16-12-22-20-6-5-18-13-19(28)7-9-24(18,2)21(20)8-10-25(22,3)23(16)29/h11,13-14,20-22H,5-10,12H2,1-4H3/b16-11+. The van der Waals surface area contributed by atoms with E-state index in [4.69, 9.17) is 0 Å². The van der Waals surface area contributed by atoms with Gasteiger partial charge in [-0.05, 0) is 86.3 Å². The van der Waals surface area contributed by atoms with Crippen molar-refractivity contribution < 1.29 is 9.59 Å². The Morgan fingerprint density at radius 3 is 2.62 bits per heavy atom. The van der Waals surface area contributed by atoms with Gasteiger partial charge in [-0.3, -0.25) is 14.3 Å². The summed E-state index contributed by atoms with van der Waals surface area (Å²) in [6.45, 7) is 6.64. The van der Waals surface area contributed by atoms with E-state index >= 15 is 0 Å². The van der Waals surface area contributed by atoms with Crippen LogP contribution in [0.3, 0.4) is 0 Å². The summed E-state index contributed by atoms with van der Waals surface area (Å²) in [5.41, 5.74) is 4.39. The molecule has 29 heavy (non-hydrogen) atoms. The minimum Gasteiger partial charge on any atom is -0.295 e. The molecule has 0 aromatic carbocycles. The molecule has 0 saturated heterocycles. The number of rotatable bonds is 1. The topological polar surface area (TPSA) is 52.0 Å². The molecule has 1 heterocycles. The van der Waals surface area contributed by atoms with E-state index in [9.17, 15) is 9.59 Å². The van der Waals surface area contributed by atoms with E-state index in [1.54, 1.807) is 0 Å². The summed E-state index contributed by atoms with van der Waals surface area (Å²) in [5, 5.41) is 4.44. The Bertz CT molecular complexity index is 967. The monoisotopic (exact) mass is 392 g/mol. The quantitative estimate of drug-likeness (QED) is 0.644. The van der Waals surface area contributed by atoms with Crippen LogP contribution in [0.4, 0.5) is 0 Å². The van der Waals surface area contributed by atoms with Crippen LogP contribution in [-0.2, 0) is 16.6 Å². The van der Waals surface area contributed by atoms with Crippen molar-refractivity contribution in [2.45, 2.75) is 65.7 Å². The third-order valence-corrected chi connectivity index (χ3v) is 8.98. The molecule has 3 saturated carbocycles. The minimum atomic E-state index is -0.217. The van der Waals surface area contributed by atoms with E-state index in [-0.39, 0.29) is 10.8 Å². The van der Waals surface area contributed by atoms with Gasteiger partial charge < -0.3 is 0 Å². The number of hydrogen-bond donors (Lipinski definition) is 0. The van der Waals surface area contributed by atoms with Crippen LogP contribution in [0, 0.1) is 35.5 Å². The largest absolute Gasteiger partial charge is 0.295 e. The summed E-state index contributed by atoms with van der Waals surface area (Å²) < 4.78 is 1.83. The normalized spacial score (nSPS) is 40.5. The Morgan fingerprint density at radius 1 is 1.10 bits per heavy atom. The number of Topliss-reactive ketones (excluding diaryl/α,β-unsaturated/α-hetero) is 1. The van der Waals surface area contributed by atoms with E-state index in [1.165, 1.54) is 5.57 Å². The molecule has 5 atom stereocenters. The summed E-state index contributed by atoms with van der Waals surface area (Å²) in [4.78, 5) is 25.5. The van der Waals surface area contributed by atoms with Crippen LogP contribution in [0.1, 0.15) is 70.1 Å². The Labute approximate surface area is 173 Å². The average molecular weight is 393 g/mol. The van der Waals surface area contributed by atoms with Crippen LogP contribution in [0.25, 0.3) is 6.08 Å². The molecule has 4 aliphatic carbocycles. The Morgan fingerprint density at radius 2 is 1.90 bits per heavy atom. The average Bonchev–Trinajstić information content (AvgIpc) is 3.12. The van der Waals surface area contributed by atoms with E-state index < -0.39 is 0 Å². The van der Waals surface area contributed by atoms with Crippen molar-refractivity contribution in [3.05, 3.63) is 34.7 Å². The molecule has 3 fully saturated rings. The van der Waals surface area contributed by atoms with Gasteiger partial charge in [-0.25, -0.2) is 0 Å². The van der Waals surface area contributed by atoms with Gasteiger partial charge in [0, 0.05) is 30.6 Å². The second kappa shape index (κ2) is 6.26. The third-order valence-electron chi connectivity index (χ3n) is 8.98. The molecule has 0 aliphatic heterocycles. The van der Waals surface area contributed by atoms with Crippen LogP contribution in [0.5, 0.6) is 0 Å². The second-order valence-corrected chi connectivity index (χ2v) is 10.5. The number of nitrogens with zero attached hydrogens (tertiary/aromatic N) is 2. The highest BCUT2D eigenvalue weighted by Gasteiger charge is 2.60. The van der Waals surface area contributed by atoms with Crippen molar-refractivity contribution in [3.8, 4) is 0 Å². The number of fused-ring (bicyclic) bond motifs is 5. The van der Waals surface area contributed by atoms with Crippen LogP contribution in [0.15, 0.2) is 23.4 Å². The number of hydrogen-bond acceptors (Lipinski definition) is 3. The first-order chi connectivity index (χ1) is 13.7. The molecule has 5 rings (SSSR count). The van der Waals surface area contributed by atoms with E-state index in [0.717, 1.165) is 55.4 Å². The number of allylic oxidation sites excluding steroid dienone is 2. The van der Waals surface area contributed by atoms with E-state index in [0.29, 0.717) is 35.7 Å². The Kier molecular flexibility index (Phi) is 4.11. The van der Waals surface area contributed by atoms with Crippen molar-refractivity contribution in [2.75, 3.05) is 0 Å². The fraction of sp³-hybridized carbons (Fsp3) is 0.640. The van der Waals surface area contributed by atoms with Crippen LogP contribution >= 0.6 is 0 Å². The third kappa shape index (κ3) is 2.67. The molecule has 0 spiro atoms. The molecule has 1 aromatic heterocycles. The van der Waals surface area contributed by atoms with Crippen LogP contribution < -0.4 is 0 Å². The lowest BCUT2D eigenvalue weighted by Crippen LogP contribution is -2.50. The van der Waals surface area contributed by atoms with E-state index in [2.05, 4.69) is 25.0 Å². The first-order valence-corrected chi connectivity index (χ1v) is 11.2. The van der Waals surface area contributed by atoms with Gasteiger partial charge in [0.05, 0.1) is 5.69 Å². The molecule has 154 valence electrons. The number of aryl methyl sites for hydroxylation is 2. The van der Waals surface area contributed by atoms with Crippen molar-refractivity contribution in [3.63, 3.8) is 0 Å². The molecule has 1 aromatic rings. The van der Waals surface area contributed by atoms with Gasteiger partial charge in [0.1, 0.15) is 0 Å². The molecular formula is C25H32N2O2. The minimum absolute atomic E-state index is 0.160. The van der Waals surface area contributed by atoms with Crippen LogP contribution in [-0.4, -0.2) is 21.3 Å². The first-order valence-electron chi connectivity index (χ1n) is 11.2. The number of carbonyl (C=O) groups is 2. The smallest absolute Gasteiger partial charge is 0.165 e. The highest BCUT2D eigenvalue weighted by molar-refractivity contribution is 6.06. The SMILES string of the molecule is Cc1nn(C)cc1/C=C1\CC2C3CCC4=CC(=O)CCC4(C)C3CCC2(C)C1=O. The number of ketones is 2. The summed E-state index contributed by atoms with van der Waals surface area (Å²) in [6.07, 6.45) is 12.9. The fourth-order valence-electron chi connectivity index (χ4n) is 7.31. The van der Waals surface area contributed by atoms with Gasteiger partial charge >= 0.3 is 0 Å². The van der Waals surface area contributed by atoms with Crippen molar-refractivity contribution in [2.24, 2.45) is 35.6 Å². The lowest BCUT2D eigenvalue weighted by atomic mass is 9.47. The molecule has 0 bridgehead atoms. The zero-order valence-corrected chi connectivity index (χ0v) is 18.1. The maximum Gasteiger partial charge on any atom is 0.165 e. The maximum atomic E-state index is 13.5. The highest BCUT2D eigenvalue weighted by Crippen LogP contribution is 2.65. The summed E-state index contributed by atoms with van der Waals surface area (Å²) in [7, 11) is 1.93. The predicted octanol–water partition coefficient (Wildman–Crippen LogP) is 4.82. The van der Waals surface area contributed by atoms with Gasteiger partial charge in [0.15, 0.2) is 11.6 Å². The first kappa shape index (κ1) is 19.0. The summed E-state index contributed by atoms with van der Waals surface area (Å²) in [5.74, 6) is 2.32. The van der Waals surface area contributed by atoms with Crippen LogP contribution in [0.2, 0.25) is 0 Å². The summed E-state index contributed by atoms with van der Waals surface area (Å²) >= 11 is 0. The second-order valence-electron chi connectivity index (χ2n) is 10.5. The van der Waals surface area contributed by atoms with Gasteiger partial charge in [0.25, 0.3) is 0 Å². The zero-order chi connectivity index (χ0) is 20.6. The van der Waals surface area contributed by atoms with E-state index in [1.807, 2.05) is 30.9 Å². The molecule has 4 nitrogen and oxygen atoms in total. The van der Waals surface area contributed by atoms with Crippen molar-refractivity contribution >= 4 is 17.6 Å². The van der Waals surface area contributed by atoms with Gasteiger partial charge in [-0.2, -0.15) is 5.10 Å². The highest BCUT2D eigenvalue weighted by atomic mass is 16.1. The molecule has 5 unspecified atom stereocenters.